The van der Waals surface area contributed by atoms with E-state index in [-0.39, 0.29) is 22.5 Å². The number of nitro groups is 1. The molecule has 0 radical (unpaired) electrons. The molecule has 1 saturated heterocycles. The van der Waals surface area contributed by atoms with Crippen LogP contribution < -0.4 is 4.90 Å². The number of ether oxygens (including phenoxy) is 1. The molecule has 1 aromatic carbocycles. The third kappa shape index (κ3) is 5.03. The molecule has 0 aliphatic carbocycles. The molecule has 2 heterocycles. The van der Waals surface area contributed by atoms with E-state index in [1.165, 1.54) is 6.07 Å². The summed E-state index contributed by atoms with van der Waals surface area (Å²) >= 11 is 0. The molecular weight excluding hydrogens is 346 g/mol. The van der Waals surface area contributed by atoms with Crippen LogP contribution in [0.3, 0.4) is 0 Å². The number of nitrogens with zero attached hydrogens (tertiary/aromatic N) is 3. The number of para-hydroxylation sites is 2. The molecule has 1 aliphatic heterocycles. The van der Waals surface area contributed by atoms with E-state index in [4.69, 9.17) is 4.74 Å². The molecule has 1 fully saturated rings. The third-order valence-corrected chi connectivity index (χ3v) is 4.82. The van der Waals surface area contributed by atoms with Crippen molar-refractivity contribution in [2.24, 2.45) is 5.92 Å². The number of piperidine rings is 1. The largest absolute Gasteiger partial charge is 0.465 e. The van der Waals surface area contributed by atoms with Crippen LogP contribution in [0.15, 0.2) is 48.8 Å². The standard InChI is InChI=1S/C20H23N3O4/c24-20(27-14-4-6-16-5-3-11-21-15-16)17-9-12-22(13-10-17)18-7-1-2-8-19(18)23(25)26/h1-3,5,7-8,11,15,17H,4,6,9-10,12-14H2. The van der Waals surface area contributed by atoms with Gasteiger partial charge in [0.1, 0.15) is 5.69 Å². The van der Waals surface area contributed by atoms with Crippen LogP contribution in [0.1, 0.15) is 24.8 Å². The van der Waals surface area contributed by atoms with Gasteiger partial charge in [0.2, 0.25) is 0 Å². The molecule has 142 valence electrons. The first kappa shape index (κ1) is 18.8. The van der Waals surface area contributed by atoms with Crippen LogP contribution in [-0.2, 0) is 16.0 Å². The Morgan fingerprint density at radius 3 is 2.70 bits per heavy atom. The summed E-state index contributed by atoms with van der Waals surface area (Å²) < 4.78 is 5.42. The summed E-state index contributed by atoms with van der Waals surface area (Å²) in [7, 11) is 0. The Hall–Kier alpha value is -2.96. The maximum absolute atomic E-state index is 12.3. The minimum atomic E-state index is -0.363. The van der Waals surface area contributed by atoms with Crippen LogP contribution in [0.25, 0.3) is 0 Å². The number of hydrogen-bond acceptors (Lipinski definition) is 6. The first-order valence-corrected chi connectivity index (χ1v) is 9.19. The van der Waals surface area contributed by atoms with Gasteiger partial charge in [0.05, 0.1) is 17.4 Å². The summed E-state index contributed by atoms with van der Waals surface area (Å²) in [6.07, 6.45) is 6.45. The Bertz CT molecular complexity index is 774. The lowest BCUT2D eigenvalue weighted by molar-refractivity contribution is -0.384. The number of aryl methyl sites for hydroxylation is 1. The van der Waals surface area contributed by atoms with Crippen LogP contribution in [-0.4, -0.2) is 35.6 Å². The maximum atomic E-state index is 12.3. The van der Waals surface area contributed by atoms with E-state index >= 15 is 0 Å². The summed E-state index contributed by atoms with van der Waals surface area (Å²) in [5.41, 5.74) is 1.85. The SMILES string of the molecule is O=C(OCCCc1cccnc1)C1CCN(c2ccccc2[N+](=O)[O-])CC1. The number of anilines is 1. The Kier molecular flexibility index (Phi) is 6.35. The minimum Gasteiger partial charge on any atom is -0.465 e. The van der Waals surface area contributed by atoms with E-state index in [9.17, 15) is 14.9 Å². The molecule has 0 N–H and O–H groups in total. The van der Waals surface area contributed by atoms with Gasteiger partial charge in [-0.25, -0.2) is 0 Å². The number of carbonyl (C=O) groups is 1. The maximum Gasteiger partial charge on any atom is 0.309 e. The zero-order valence-corrected chi connectivity index (χ0v) is 15.1. The van der Waals surface area contributed by atoms with Crippen molar-refractivity contribution in [3.05, 3.63) is 64.5 Å². The van der Waals surface area contributed by atoms with Gasteiger partial charge in [0.25, 0.3) is 5.69 Å². The molecule has 0 bridgehead atoms. The Morgan fingerprint density at radius 2 is 2.00 bits per heavy atom. The molecule has 0 spiro atoms. The van der Waals surface area contributed by atoms with Crippen molar-refractivity contribution in [1.29, 1.82) is 0 Å². The van der Waals surface area contributed by atoms with E-state index in [1.807, 2.05) is 23.2 Å². The average molecular weight is 369 g/mol. The van der Waals surface area contributed by atoms with Gasteiger partial charge in [-0.1, -0.05) is 18.2 Å². The van der Waals surface area contributed by atoms with Crippen LogP contribution >= 0.6 is 0 Å². The zero-order chi connectivity index (χ0) is 19.1. The second-order valence-electron chi connectivity index (χ2n) is 6.64. The fourth-order valence-electron chi connectivity index (χ4n) is 3.35. The lowest BCUT2D eigenvalue weighted by Crippen LogP contribution is -2.37. The average Bonchev–Trinajstić information content (AvgIpc) is 2.72. The number of pyridine rings is 1. The van der Waals surface area contributed by atoms with E-state index in [0.29, 0.717) is 38.2 Å². The monoisotopic (exact) mass is 369 g/mol. The van der Waals surface area contributed by atoms with Gasteiger partial charge in [-0.05, 0) is 43.4 Å². The molecule has 1 aliphatic rings. The summed E-state index contributed by atoms with van der Waals surface area (Å²) in [6.45, 7) is 1.62. The number of aromatic nitrogens is 1. The van der Waals surface area contributed by atoms with Crippen molar-refractivity contribution in [1.82, 2.24) is 4.98 Å². The Labute approximate surface area is 158 Å². The number of carbonyl (C=O) groups excluding carboxylic acids is 1. The van der Waals surface area contributed by atoms with Gasteiger partial charge in [-0.2, -0.15) is 0 Å². The van der Waals surface area contributed by atoms with Crippen molar-refractivity contribution in [3.8, 4) is 0 Å². The number of benzene rings is 1. The predicted molar refractivity (Wildman–Crippen MR) is 102 cm³/mol. The van der Waals surface area contributed by atoms with Gasteiger partial charge in [-0.3, -0.25) is 19.9 Å². The fourth-order valence-corrected chi connectivity index (χ4v) is 3.35. The third-order valence-electron chi connectivity index (χ3n) is 4.82. The predicted octanol–water partition coefficient (Wildman–Crippen LogP) is 3.38. The van der Waals surface area contributed by atoms with Crippen LogP contribution in [0, 0.1) is 16.0 Å². The van der Waals surface area contributed by atoms with Crippen molar-refractivity contribution < 1.29 is 14.5 Å². The molecule has 0 amide bonds. The highest BCUT2D eigenvalue weighted by molar-refractivity contribution is 5.73. The van der Waals surface area contributed by atoms with Crippen LogP contribution in [0.5, 0.6) is 0 Å². The molecule has 0 unspecified atom stereocenters. The minimum absolute atomic E-state index is 0.105. The summed E-state index contributed by atoms with van der Waals surface area (Å²) in [5.74, 6) is -0.300. The van der Waals surface area contributed by atoms with Crippen molar-refractivity contribution >= 4 is 17.3 Å². The topological polar surface area (TPSA) is 85.6 Å². The fraction of sp³-hybridized carbons (Fsp3) is 0.400. The second kappa shape index (κ2) is 9.12. The number of nitro benzene ring substituents is 1. The van der Waals surface area contributed by atoms with E-state index in [1.54, 1.807) is 24.4 Å². The first-order valence-electron chi connectivity index (χ1n) is 9.19. The molecule has 7 heteroatoms. The van der Waals surface area contributed by atoms with Crippen molar-refractivity contribution in [3.63, 3.8) is 0 Å². The van der Waals surface area contributed by atoms with Gasteiger partial charge < -0.3 is 9.64 Å². The van der Waals surface area contributed by atoms with E-state index in [0.717, 1.165) is 18.4 Å². The van der Waals surface area contributed by atoms with Gasteiger partial charge in [-0.15, -0.1) is 0 Å². The molecule has 7 nitrogen and oxygen atoms in total. The molecule has 0 saturated carbocycles. The number of hydrogen-bond donors (Lipinski definition) is 0. The summed E-state index contributed by atoms with van der Waals surface area (Å²) in [6, 6.07) is 10.6. The second-order valence-corrected chi connectivity index (χ2v) is 6.64. The molecule has 3 rings (SSSR count). The molecular formula is C20H23N3O4. The lowest BCUT2D eigenvalue weighted by Gasteiger charge is -2.32. The van der Waals surface area contributed by atoms with E-state index in [2.05, 4.69) is 4.98 Å². The molecule has 0 atom stereocenters. The summed E-state index contributed by atoms with van der Waals surface area (Å²) in [4.78, 5) is 29.1. The molecule has 2 aromatic rings. The highest BCUT2D eigenvalue weighted by atomic mass is 16.6. The van der Waals surface area contributed by atoms with Crippen LogP contribution in [0.2, 0.25) is 0 Å². The number of rotatable bonds is 7. The zero-order valence-electron chi connectivity index (χ0n) is 15.1. The highest BCUT2D eigenvalue weighted by Crippen LogP contribution is 2.31. The van der Waals surface area contributed by atoms with Crippen molar-refractivity contribution in [2.45, 2.75) is 25.7 Å². The first-order chi connectivity index (χ1) is 13.1. The van der Waals surface area contributed by atoms with Gasteiger partial charge in [0, 0.05) is 31.5 Å². The lowest BCUT2D eigenvalue weighted by atomic mass is 9.96. The molecule has 1 aromatic heterocycles. The Morgan fingerprint density at radius 1 is 1.22 bits per heavy atom. The summed E-state index contributed by atoms with van der Waals surface area (Å²) in [5, 5.41) is 11.2. The number of esters is 1. The van der Waals surface area contributed by atoms with Gasteiger partial charge >= 0.3 is 5.97 Å². The normalized spacial score (nSPS) is 14.7. The highest BCUT2D eigenvalue weighted by Gasteiger charge is 2.28. The smallest absolute Gasteiger partial charge is 0.309 e. The van der Waals surface area contributed by atoms with Crippen molar-refractivity contribution in [2.75, 3.05) is 24.6 Å². The van der Waals surface area contributed by atoms with Gasteiger partial charge in [0.15, 0.2) is 0 Å². The quantitative estimate of drug-likeness (QED) is 0.322. The Balaban J connectivity index is 1.43. The van der Waals surface area contributed by atoms with E-state index < -0.39 is 0 Å². The van der Waals surface area contributed by atoms with Crippen LogP contribution in [0.4, 0.5) is 11.4 Å². The molecule has 27 heavy (non-hydrogen) atoms.